The lowest BCUT2D eigenvalue weighted by Gasteiger charge is -2.00. The predicted octanol–water partition coefficient (Wildman–Crippen LogP) is 4.22. The first-order valence-electron chi connectivity index (χ1n) is 8.99. The molecule has 0 aliphatic heterocycles. The van der Waals surface area contributed by atoms with Crippen LogP contribution in [0.1, 0.15) is 0 Å². The highest BCUT2D eigenvalue weighted by Gasteiger charge is 2.16. The first-order chi connectivity index (χ1) is 14.4. The number of nitrogens with one attached hydrogen (secondary N) is 2. The van der Waals surface area contributed by atoms with Crippen LogP contribution in [0.2, 0.25) is 0 Å². The van der Waals surface area contributed by atoms with E-state index in [9.17, 15) is 0 Å². The minimum Gasteiger partial charge on any atom is -0.472 e. The highest BCUT2D eigenvalue weighted by molar-refractivity contribution is 5.97. The Bertz CT molecular complexity index is 1450. The van der Waals surface area contributed by atoms with Crippen LogP contribution < -0.4 is 0 Å². The van der Waals surface area contributed by atoms with Crippen LogP contribution in [0.5, 0.6) is 0 Å². The molecule has 0 aliphatic carbocycles. The van der Waals surface area contributed by atoms with E-state index < -0.39 is 0 Å². The topological polar surface area (TPSA) is 109 Å². The average molecular weight is 379 g/mol. The maximum Gasteiger partial charge on any atom is 0.159 e. The van der Waals surface area contributed by atoms with Gasteiger partial charge in [0, 0.05) is 35.1 Å². The molecule has 0 saturated carbocycles. The van der Waals surface area contributed by atoms with Crippen molar-refractivity contribution in [3.05, 3.63) is 67.6 Å². The second-order valence-corrected chi connectivity index (χ2v) is 6.58. The zero-order chi connectivity index (χ0) is 19.2. The molecule has 29 heavy (non-hydrogen) atoms. The fourth-order valence-electron chi connectivity index (χ4n) is 3.46. The molecular weight excluding hydrogens is 366 g/mol. The third kappa shape index (κ3) is 2.50. The van der Waals surface area contributed by atoms with Gasteiger partial charge in [0.25, 0.3) is 0 Å². The van der Waals surface area contributed by atoms with Gasteiger partial charge in [0.1, 0.15) is 16.9 Å². The summed E-state index contributed by atoms with van der Waals surface area (Å²) in [7, 11) is 0. The number of aromatic amines is 2. The van der Waals surface area contributed by atoms with Crippen molar-refractivity contribution < 1.29 is 4.42 Å². The van der Waals surface area contributed by atoms with Crippen LogP contribution in [0.3, 0.4) is 0 Å². The van der Waals surface area contributed by atoms with Crippen LogP contribution in [0.25, 0.3) is 56.0 Å². The molecule has 0 amide bonds. The number of imidazole rings is 1. The van der Waals surface area contributed by atoms with Gasteiger partial charge in [-0.15, -0.1) is 0 Å². The number of hydrogen-bond acceptors (Lipinski definition) is 6. The van der Waals surface area contributed by atoms with Gasteiger partial charge >= 0.3 is 0 Å². The van der Waals surface area contributed by atoms with E-state index in [2.05, 4.69) is 30.1 Å². The fraction of sp³-hybridized carbons (Fsp3) is 0. The number of pyridine rings is 1. The largest absolute Gasteiger partial charge is 0.472 e. The standard InChI is InChI=1S/C21H13N7O/c1-2-15-14(9-12(1)17-10-22-6-7-23-17)19(28-27-15)21-25-16-3-5-24-18(20(16)26-21)13-4-8-29-11-13/h1-11H,(H,25,26)(H,27,28). The fourth-order valence-corrected chi connectivity index (χ4v) is 3.46. The third-order valence-electron chi connectivity index (χ3n) is 4.84. The molecule has 0 atom stereocenters. The molecule has 0 bridgehead atoms. The molecule has 0 unspecified atom stereocenters. The third-order valence-corrected chi connectivity index (χ3v) is 4.84. The predicted molar refractivity (Wildman–Crippen MR) is 108 cm³/mol. The molecular formula is C21H13N7O. The van der Waals surface area contributed by atoms with E-state index in [1.165, 1.54) is 0 Å². The van der Waals surface area contributed by atoms with E-state index in [4.69, 9.17) is 9.40 Å². The number of H-pyrrole nitrogens is 2. The Balaban J connectivity index is 1.53. The smallest absolute Gasteiger partial charge is 0.159 e. The van der Waals surface area contributed by atoms with Gasteiger partial charge in [-0.2, -0.15) is 5.10 Å². The van der Waals surface area contributed by atoms with Gasteiger partial charge in [0.05, 0.1) is 35.5 Å². The van der Waals surface area contributed by atoms with Crippen molar-refractivity contribution in [1.82, 2.24) is 35.1 Å². The van der Waals surface area contributed by atoms with Gasteiger partial charge in [0.2, 0.25) is 0 Å². The van der Waals surface area contributed by atoms with Gasteiger partial charge in [-0.05, 0) is 24.3 Å². The zero-order valence-electron chi connectivity index (χ0n) is 15.0. The number of nitrogens with zero attached hydrogens (tertiary/aromatic N) is 5. The van der Waals surface area contributed by atoms with Crippen molar-refractivity contribution in [2.75, 3.05) is 0 Å². The number of fused-ring (bicyclic) bond motifs is 2. The summed E-state index contributed by atoms with van der Waals surface area (Å²) in [5.74, 6) is 0.667. The Hall–Kier alpha value is -4.33. The molecule has 0 saturated heterocycles. The van der Waals surface area contributed by atoms with Crippen molar-refractivity contribution in [3.8, 4) is 34.0 Å². The highest BCUT2D eigenvalue weighted by Crippen LogP contribution is 2.31. The molecule has 0 radical (unpaired) electrons. The van der Waals surface area contributed by atoms with Gasteiger partial charge in [-0.3, -0.25) is 20.1 Å². The van der Waals surface area contributed by atoms with Gasteiger partial charge in [0.15, 0.2) is 5.82 Å². The maximum absolute atomic E-state index is 5.20. The summed E-state index contributed by atoms with van der Waals surface area (Å²) in [6, 6.07) is 9.79. The molecule has 0 fully saturated rings. The molecule has 5 heterocycles. The molecule has 6 rings (SSSR count). The SMILES string of the molecule is c1cnc(-c2ccc3[nH]nc(-c4nc5c(-c6ccoc6)nccc5[nH]4)c3c2)cn1. The lowest BCUT2D eigenvalue weighted by molar-refractivity contribution is 0.568. The Morgan fingerprint density at radius 2 is 1.86 bits per heavy atom. The number of aromatic nitrogens is 7. The van der Waals surface area contributed by atoms with Gasteiger partial charge in [-0.25, -0.2) is 4.98 Å². The second kappa shape index (κ2) is 6.10. The number of rotatable bonds is 3. The minimum absolute atomic E-state index is 0.667. The highest BCUT2D eigenvalue weighted by atomic mass is 16.3. The summed E-state index contributed by atoms with van der Waals surface area (Å²) >= 11 is 0. The van der Waals surface area contributed by atoms with Crippen molar-refractivity contribution in [2.24, 2.45) is 0 Å². The van der Waals surface area contributed by atoms with Crippen LogP contribution in [0.4, 0.5) is 0 Å². The molecule has 6 aromatic rings. The van der Waals surface area contributed by atoms with E-state index in [-0.39, 0.29) is 0 Å². The Labute approximate surface area is 163 Å². The number of benzene rings is 1. The molecule has 1 aromatic carbocycles. The molecule has 0 spiro atoms. The van der Waals surface area contributed by atoms with Crippen molar-refractivity contribution in [3.63, 3.8) is 0 Å². The molecule has 138 valence electrons. The first kappa shape index (κ1) is 15.7. The van der Waals surface area contributed by atoms with E-state index in [1.54, 1.807) is 37.3 Å². The van der Waals surface area contributed by atoms with Crippen LogP contribution >= 0.6 is 0 Å². The maximum atomic E-state index is 5.20. The van der Waals surface area contributed by atoms with Crippen molar-refractivity contribution >= 4 is 21.9 Å². The normalized spacial score (nSPS) is 11.4. The summed E-state index contributed by atoms with van der Waals surface area (Å²) in [6.07, 6.45) is 10.1. The number of hydrogen-bond donors (Lipinski definition) is 2. The molecule has 8 heteroatoms. The molecule has 2 N–H and O–H groups in total. The van der Waals surface area contributed by atoms with Gasteiger partial charge in [-0.1, -0.05) is 6.07 Å². The monoisotopic (exact) mass is 379 g/mol. The van der Waals surface area contributed by atoms with Crippen LogP contribution in [-0.2, 0) is 0 Å². The number of furan rings is 1. The average Bonchev–Trinajstić information content (AvgIpc) is 3.52. The molecule has 8 nitrogen and oxygen atoms in total. The first-order valence-corrected chi connectivity index (χ1v) is 8.99. The van der Waals surface area contributed by atoms with Crippen LogP contribution in [-0.4, -0.2) is 35.1 Å². The van der Waals surface area contributed by atoms with Crippen LogP contribution in [0.15, 0.2) is 72.1 Å². The Morgan fingerprint density at radius 3 is 2.72 bits per heavy atom. The molecule has 5 aromatic heterocycles. The quantitative estimate of drug-likeness (QED) is 0.476. The second-order valence-electron chi connectivity index (χ2n) is 6.58. The Kier molecular flexibility index (Phi) is 3.30. The minimum atomic E-state index is 0.667. The summed E-state index contributed by atoms with van der Waals surface area (Å²) in [4.78, 5) is 21.2. The van der Waals surface area contributed by atoms with E-state index >= 15 is 0 Å². The zero-order valence-corrected chi connectivity index (χ0v) is 15.0. The summed E-state index contributed by atoms with van der Waals surface area (Å²) in [5, 5.41) is 8.52. The summed E-state index contributed by atoms with van der Waals surface area (Å²) in [5.41, 5.74) is 6.71. The van der Waals surface area contributed by atoms with Crippen molar-refractivity contribution in [2.45, 2.75) is 0 Å². The Morgan fingerprint density at radius 1 is 0.862 bits per heavy atom. The van der Waals surface area contributed by atoms with Gasteiger partial charge < -0.3 is 9.40 Å². The lowest BCUT2D eigenvalue weighted by atomic mass is 10.1. The van der Waals surface area contributed by atoms with E-state index in [0.717, 1.165) is 50.1 Å². The van der Waals surface area contributed by atoms with Crippen molar-refractivity contribution in [1.29, 1.82) is 0 Å². The van der Waals surface area contributed by atoms with E-state index in [1.807, 2.05) is 30.3 Å². The molecule has 0 aliphatic rings. The van der Waals surface area contributed by atoms with E-state index in [0.29, 0.717) is 5.82 Å². The van der Waals surface area contributed by atoms with Crippen LogP contribution in [0, 0.1) is 0 Å². The lowest BCUT2D eigenvalue weighted by Crippen LogP contribution is -1.85. The summed E-state index contributed by atoms with van der Waals surface area (Å²) < 4.78 is 5.20. The summed E-state index contributed by atoms with van der Waals surface area (Å²) in [6.45, 7) is 0.